The fourth-order valence-electron chi connectivity index (χ4n) is 2.80. The molecule has 2 aromatic rings. The first-order chi connectivity index (χ1) is 10.5. The minimum absolute atomic E-state index is 0.0883. The number of ketones is 1. The Kier molecular flexibility index (Phi) is 5.13. The van der Waals surface area contributed by atoms with Gasteiger partial charge in [-0.15, -0.1) is 0 Å². The summed E-state index contributed by atoms with van der Waals surface area (Å²) in [7, 11) is 0. The number of carbonyl (C=O) groups is 1. The number of furan rings is 1. The zero-order valence-electron chi connectivity index (χ0n) is 13.5. The summed E-state index contributed by atoms with van der Waals surface area (Å²) in [5.41, 5.74) is 0.882. The molecule has 0 aliphatic carbocycles. The molecule has 0 bridgehead atoms. The second kappa shape index (κ2) is 6.87. The number of hydrogen-bond acceptors (Lipinski definition) is 6. The molecule has 22 heavy (non-hydrogen) atoms. The number of aliphatic hydroxyl groups is 1. The number of carbonyl (C=O) groups excluding carboxylic acids is 1. The molecule has 0 aromatic carbocycles. The molecule has 1 unspecified atom stereocenters. The maximum Gasteiger partial charge on any atom is 0.232 e. The van der Waals surface area contributed by atoms with E-state index in [2.05, 4.69) is 29.1 Å². The summed E-state index contributed by atoms with van der Waals surface area (Å²) in [6.07, 6.45) is 2.76. The lowest BCUT2D eigenvalue weighted by Gasteiger charge is -2.20. The van der Waals surface area contributed by atoms with Gasteiger partial charge < -0.3 is 14.8 Å². The molecule has 2 N–H and O–H groups in total. The van der Waals surface area contributed by atoms with Gasteiger partial charge in [-0.1, -0.05) is 26.7 Å². The standard InChI is InChI=1S/C16H23N3O3/c1-5-11(6-2)12(21)7-17-15-14-13(9(3)20)10(4)22-16(14)19-8-18-15/h8,11-12,21H,5-7H2,1-4H3,(H,17,18,19). The molecule has 2 heterocycles. The number of anilines is 1. The van der Waals surface area contributed by atoms with E-state index in [1.807, 2.05) is 0 Å². The minimum atomic E-state index is -0.464. The van der Waals surface area contributed by atoms with Crippen LogP contribution >= 0.6 is 0 Å². The smallest absolute Gasteiger partial charge is 0.232 e. The Balaban J connectivity index is 2.30. The molecule has 6 heteroatoms. The van der Waals surface area contributed by atoms with Crippen molar-refractivity contribution in [1.82, 2.24) is 9.97 Å². The number of nitrogens with one attached hydrogen (secondary N) is 1. The van der Waals surface area contributed by atoms with Gasteiger partial charge in [-0.2, -0.15) is 0 Å². The predicted octanol–water partition coefficient (Wildman–Crippen LogP) is 2.94. The summed E-state index contributed by atoms with van der Waals surface area (Å²) in [6, 6.07) is 0. The highest BCUT2D eigenvalue weighted by Crippen LogP contribution is 2.29. The molecule has 2 aromatic heterocycles. The van der Waals surface area contributed by atoms with E-state index in [1.165, 1.54) is 13.3 Å². The van der Waals surface area contributed by atoms with Crippen molar-refractivity contribution < 1.29 is 14.3 Å². The van der Waals surface area contributed by atoms with Crippen molar-refractivity contribution >= 4 is 22.7 Å². The summed E-state index contributed by atoms with van der Waals surface area (Å²) < 4.78 is 5.52. The van der Waals surface area contributed by atoms with E-state index >= 15 is 0 Å². The number of aryl methyl sites for hydroxylation is 1. The molecule has 0 amide bonds. The van der Waals surface area contributed by atoms with Crippen LogP contribution < -0.4 is 5.32 Å². The van der Waals surface area contributed by atoms with Gasteiger partial charge in [0.05, 0.1) is 17.1 Å². The van der Waals surface area contributed by atoms with Gasteiger partial charge in [0.2, 0.25) is 5.71 Å². The number of aromatic nitrogens is 2. The van der Waals surface area contributed by atoms with Crippen LogP contribution in [0.3, 0.4) is 0 Å². The minimum Gasteiger partial charge on any atom is -0.442 e. The van der Waals surface area contributed by atoms with Gasteiger partial charge in [0, 0.05) is 6.54 Å². The summed E-state index contributed by atoms with van der Waals surface area (Å²) in [5, 5.41) is 13.9. The molecule has 6 nitrogen and oxygen atoms in total. The highest BCUT2D eigenvalue weighted by atomic mass is 16.3. The van der Waals surface area contributed by atoms with Crippen LogP contribution in [0.4, 0.5) is 5.82 Å². The predicted molar refractivity (Wildman–Crippen MR) is 85.1 cm³/mol. The maximum absolute atomic E-state index is 11.8. The first-order valence-corrected chi connectivity index (χ1v) is 7.66. The number of fused-ring (bicyclic) bond motifs is 1. The first kappa shape index (κ1) is 16.4. The monoisotopic (exact) mass is 305 g/mol. The molecule has 0 radical (unpaired) electrons. The Morgan fingerprint density at radius 2 is 2.05 bits per heavy atom. The quantitative estimate of drug-likeness (QED) is 0.765. The van der Waals surface area contributed by atoms with E-state index in [4.69, 9.17) is 4.42 Å². The number of hydrogen-bond donors (Lipinski definition) is 2. The third-order valence-corrected chi connectivity index (χ3v) is 4.09. The van der Waals surface area contributed by atoms with Gasteiger partial charge in [0.1, 0.15) is 17.9 Å². The number of rotatable bonds is 7. The Bertz CT molecular complexity index is 662. The second-order valence-corrected chi connectivity index (χ2v) is 5.52. The first-order valence-electron chi connectivity index (χ1n) is 7.66. The fraction of sp³-hybridized carbons (Fsp3) is 0.562. The molecule has 1 atom stereocenters. The van der Waals surface area contributed by atoms with Crippen LogP contribution in [0.2, 0.25) is 0 Å². The number of aliphatic hydroxyl groups excluding tert-OH is 1. The Morgan fingerprint density at radius 3 is 2.64 bits per heavy atom. The summed E-state index contributed by atoms with van der Waals surface area (Å²) in [6.45, 7) is 7.73. The highest BCUT2D eigenvalue weighted by Gasteiger charge is 2.21. The molecule has 0 aliphatic heterocycles. The molecule has 0 fully saturated rings. The lowest BCUT2D eigenvalue weighted by atomic mass is 9.96. The lowest BCUT2D eigenvalue weighted by Crippen LogP contribution is -2.28. The van der Waals surface area contributed by atoms with Gasteiger partial charge in [0.25, 0.3) is 0 Å². The van der Waals surface area contributed by atoms with E-state index in [0.29, 0.717) is 34.8 Å². The Hall–Kier alpha value is -1.95. The molecule has 0 aliphatic rings. The van der Waals surface area contributed by atoms with Gasteiger partial charge >= 0.3 is 0 Å². The van der Waals surface area contributed by atoms with Crippen LogP contribution in [0.15, 0.2) is 10.7 Å². The van der Waals surface area contributed by atoms with Crippen LogP contribution in [0.25, 0.3) is 11.1 Å². The van der Waals surface area contributed by atoms with Crippen molar-refractivity contribution in [2.24, 2.45) is 5.92 Å². The van der Waals surface area contributed by atoms with Gasteiger partial charge in [-0.05, 0) is 19.8 Å². The van der Waals surface area contributed by atoms with Crippen molar-refractivity contribution in [1.29, 1.82) is 0 Å². The van der Waals surface area contributed by atoms with E-state index < -0.39 is 6.10 Å². The Labute approximate surface area is 130 Å². The zero-order chi connectivity index (χ0) is 16.3. The molecule has 0 saturated heterocycles. The van der Waals surface area contributed by atoms with Gasteiger partial charge in [-0.3, -0.25) is 4.79 Å². The van der Waals surface area contributed by atoms with E-state index in [-0.39, 0.29) is 11.7 Å². The molecule has 2 rings (SSSR count). The summed E-state index contributed by atoms with van der Waals surface area (Å²) in [4.78, 5) is 20.1. The van der Waals surface area contributed by atoms with Crippen LogP contribution in [-0.2, 0) is 0 Å². The van der Waals surface area contributed by atoms with Crippen molar-refractivity contribution in [3.05, 3.63) is 17.7 Å². The summed E-state index contributed by atoms with van der Waals surface area (Å²) >= 11 is 0. The van der Waals surface area contributed by atoms with Crippen molar-refractivity contribution in [3.8, 4) is 0 Å². The topological polar surface area (TPSA) is 88.2 Å². The van der Waals surface area contributed by atoms with Crippen molar-refractivity contribution in [3.63, 3.8) is 0 Å². The van der Waals surface area contributed by atoms with Gasteiger partial charge in [-0.25, -0.2) is 9.97 Å². The highest BCUT2D eigenvalue weighted by molar-refractivity contribution is 6.09. The van der Waals surface area contributed by atoms with Crippen molar-refractivity contribution in [2.75, 3.05) is 11.9 Å². The van der Waals surface area contributed by atoms with Crippen molar-refractivity contribution in [2.45, 2.75) is 46.6 Å². The van der Waals surface area contributed by atoms with Crippen LogP contribution in [-0.4, -0.2) is 33.5 Å². The molecule has 0 saturated carbocycles. The SMILES string of the molecule is CCC(CC)C(O)CNc1ncnc2oc(C)c(C(C)=O)c12. The van der Waals surface area contributed by atoms with E-state index in [1.54, 1.807) is 6.92 Å². The Morgan fingerprint density at radius 1 is 1.36 bits per heavy atom. The third kappa shape index (κ3) is 3.11. The van der Waals surface area contributed by atoms with Crippen LogP contribution in [0.5, 0.6) is 0 Å². The average Bonchev–Trinajstić information content (AvgIpc) is 2.82. The molecular formula is C16H23N3O3. The van der Waals surface area contributed by atoms with E-state index in [9.17, 15) is 9.90 Å². The average molecular weight is 305 g/mol. The van der Waals surface area contributed by atoms with Crippen LogP contribution in [0, 0.1) is 12.8 Å². The second-order valence-electron chi connectivity index (χ2n) is 5.52. The number of nitrogens with zero attached hydrogens (tertiary/aromatic N) is 2. The normalized spacial score (nSPS) is 12.8. The van der Waals surface area contributed by atoms with Gasteiger partial charge in [0.15, 0.2) is 5.78 Å². The summed E-state index contributed by atoms with van der Waals surface area (Å²) in [5.74, 6) is 1.21. The number of Topliss-reactive ketones (excluding diaryl/α,β-unsaturated/α-hetero) is 1. The molecule has 120 valence electrons. The van der Waals surface area contributed by atoms with E-state index in [0.717, 1.165) is 12.8 Å². The molecule has 0 spiro atoms. The zero-order valence-corrected chi connectivity index (χ0v) is 13.5. The fourth-order valence-corrected chi connectivity index (χ4v) is 2.80. The maximum atomic E-state index is 11.8. The molecular weight excluding hydrogens is 282 g/mol. The third-order valence-electron chi connectivity index (χ3n) is 4.09. The largest absolute Gasteiger partial charge is 0.442 e. The lowest BCUT2D eigenvalue weighted by molar-refractivity contribution is 0.101. The van der Waals surface area contributed by atoms with Crippen LogP contribution in [0.1, 0.15) is 49.7 Å².